The van der Waals surface area contributed by atoms with Gasteiger partial charge >= 0.3 is 5.97 Å². The van der Waals surface area contributed by atoms with Crippen LogP contribution in [-0.2, 0) is 14.3 Å². The highest BCUT2D eigenvalue weighted by Crippen LogP contribution is 2.12. The quantitative estimate of drug-likeness (QED) is 0.0454. The lowest BCUT2D eigenvalue weighted by atomic mass is 10.1. The normalized spacial score (nSPS) is 13.1. The molecule has 254 valence electrons. The van der Waals surface area contributed by atoms with Crippen molar-refractivity contribution in [3.05, 3.63) is 60.8 Å². The number of hydrogen-bond acceptors (Lipinski definition) is 4. The molecule has 4 heteroatoms. The van der Waals surface area contributed by atoms with E-state index in [2.05, 4.69) is 74.6 Å². The zero-order valence-corrected chi connectivity index (χ0v) is 28.9. The van der Waals surface area contributed by atoms with Gasteiger partial charge in [-0.15, -0.1) is 0 Å². The van der Waals surface area contributed by atoms with E-state index in [0.717, 1.165) is 51.4 Å². The molecule has 0 bridgehead atoms. The summed E-state index contributed by atoms with van der Waals surface area (Å²) in [6.45, 7) is 5.08. The minimum Gasteiger partial charge on any atom is -0.457 e. The predicted octanol–water partition coefficient (Wildman–Crippen LogP) is 11.7. The summed E-state index contributed by atoms with van der Waals surface area (Å²) in [6.07, 6.45) is 48.4. The summed E-state index contributed by atoms with van der Waals surface area (Å²) in [5.74, 6) is -0.226. The van der Waals surface area contributed by atoms with E-state index in [-0.39, 0.29) is 19.2 Å². The van der Waals surface area contributed by atoms with Crippen molar-refractivity contribution in [2.75, 3.05) is 19.8 Å². The monoisotopic (exact) mass is 615 g/mol. The number of carbonyl (C=O) groups excluding carboxylic acids is 1. The molecule has 0 aromatic rings. The lowest BCUT2D eigenvalue weighted by Gasteiger charge is -2.15. The molecule has 0 aromatic heterocycles. The third kappa shape index (κ3) is 34.6. The van der Waals surface area contributed by atoms with E-state index in [1.807, 2.05) is 0 Å². The fraction of sp³-hybridized carbons (Fsp3) is 0.725. The minimum absolute atomic E-state index is 0.197. The molecule has 44 heavy (non-hydrogen) atoms. The Bertz CT molecular complexity index is 734. The Balaban J connectivity index is 3.54. The molecule has 0 amide bonds. The van der Waals surface area contributed by atoms with E-state index < -0.39 is 6.10 Å². The van der Waals surface area contributed by atoms with Crippen LogP contribution < -0.4 is 0 Å². The molecule has 0 aliphatic heterocycles. The first-order valence-corrected chi connectivity index (χ1v) is 18.4. The number of ether oxygens (including phenoxy) is 2. The van der Waals surface area contributed by atoms with Crippen molar-refractivity contribution in [2.24, 2.45) is 0 Å². The van der Waals surface area contributed by atoms with Crippen LogP contribution in [0, 0.1) is 0 Å². The molecule has 0 spiro atoms. The van der Waals surface area contributed by atoms with Gasteiger partial charge in [-0.2, -0.15) is 0 Å². The second-order valence-electron chi connectivity index (χ2n) is 11.9. The van der Waals surface area contributed by atoms with E-state index in [1.54, 1.807) is 0 Å². The molecule has 1 N–H and O–H groups in total. The number of hydrogen-bond donors (Lipinski definition) is 1. The summed E-state index contributed by atoms with van der Waals surface area (Å²) >= 11 is 0. The van der Waals surface area contributed by atoms with E-state index in [4.69, 9.17) is 9.47 Å². The molecule has 0 aromatic carbocycles. The van der Waals surface area contributed by atoms with Crippen molar-refractivity contribution in [1.29, 1.82) is 0 Å². The molecule has 0 fully saturated rings. The Kier molecular flexibility index (Phi) is 35.7. The molecular weight excluding hydrogens is 544 g/mol. The van der Waals surface area contributed by atoms with Crippen molar-refractivity contribution in [1.82, 2.24) is 0 Å². The standard InChI is InChI=1S/C40H70O4/c1-3-5-7-9-11-13-15-17-19-20-21-22-23-25-27-29-31-33-35-40(42)44-39(37-41)38-43-36-34-32-30-28-26-24-18-16-14-12-10-8-6-4-2/h6,8,12,14,18-20,24,28,30,39,41H,3-5,7,9-11,13,15-17,21-23,25-27,29,31-38H2,1-2H3/b8-6-,14-12-,20-19-,24-18-,30-28-. The summed E-state index contributed by atoms with van der Waals surface area (Å²) in [5.41, 5.74) is 0. The smallest absolute Gasteiger partial charge is 0.306 e. The molecule has 0 saturated heterocycles. The highest BCUT2D eigenvalue weighted by atomic mass is 16.6. The Morgan fingerprint density at radius 2 is 1.02 bits per heavy atom. The fourth-order valence-electron chi connectivity index (χ4n) is 4.85. The average molecular weight is 615 g/mol. The van der Waals surface area contributed by atoms with Crippen molar-refractivity contribution in [3.8, 4) is 0 Å². The van der Waals surface area contributed by atoms with Crippen LogP contribution >= 0.6 is 0 Å². The number of esters is 1. The van der Waals surface area contributed by atoms with Crippen molar-refractivity contribution in [2.45, 2.75) is 168 Å². The van der Waals surface area contributed by atoms with Gasteiger partial charge in [0.25, 0.3) is 0 Å². The number of unbranched alkanes of at least 4 members (excludes halogenated alkanes) is 15. The van der Waals surface area contributed by atoms with Crippen LogP contribution in [0.5, 0.6) is 0 Å². The summed E-state index contributed by atoms with van der Waals surface area (Å²) in [7, 11) is 0. The maximum atomic E-state index is 12.1. The number of rotatable bonds is 33. The first-order chi connectivity index (χ1) is 21.7. The van der Waals surface area contributed by atoms with Crippen LogP contribution in [0.2, 0.25) is 0 Å². The van der Waals surface area contributed by atoms with Crippen LogP contribution in [0.25, 0.3) is 0 Å². The number of aliphatic hydroxyl groups is 1. The number of carbonyl (C=O) groups is 1. The predicted molar refractivity (Wildman–Crippen MR) is 191 cm³/mol. The van der Waals surface area contributed by atoms with Gasteiger partial charge in [0.1, 0.15) is 6.10 Å². The van der Waals surface area contributed by atoms with Crippen LogP contribution in [-0.4, -0.2) is 37.0 Å². The van der Waals surface area contributed by atoms with E-state index in [1.165, 1.54) is 89.9 Å². The SMILES string of the molecule is CC/C=C\C/C=C\C/C=C\C/C=C\CCCOCC(CO)OC(=O)CCCCCCCCC/C=C\CCCCCCCCC. The van der Waals surface area contributed by atoms with Gasteiger partial charge in [0.2, 0.25) is 0 Å². The molecule has 4 nitrogen and oxygen atoms in total. The minimum atomic E-state index is -0.565. The van der Waals surface area contributed by atoms with Crippen LogP contribution in [0.3, 0.4) is 0 Å². The van der Waals surface area contributed by atoms with Gasteiger partial charge in [0.15, 0.2) is 0 Å². The summed E-state index contributed by atoms with van der Waals surface area (Å²) in [5, 5.41) is 9.54. The lowest BCUT2D eigenvalue weighted by Crippen LogP contribution is -2.27. The molecule has 0 aliphatic carbocycles. The van der Waals surface area contributed by atoms with Crippen molar-refractivity contribution in [3.63, 3.8) is 0 Å². The lowest BCUT2D eigenvalue weighted by molar-refractivity contribution is -0.154. The topological polar surface area (TPSA) is 55.8 Å². The summed E-state index contributed by atoms with van der Waals surface area (Å²) < 4.78 is 11.0. The largest absolute Gasteiger partial charge is 0.457 e. The molecule has 0 radical (unpaired) electrons. The number of allylic oxidation sites excluding steroid dienone is 10. The summed E-state index contributed by atoms with van der Waals surface area (Å²) in [4.78, 5) is 12.1. The second-order valence-corrected chi connectivity index (χ2v) is 11.9. The van der Waals surface area contributed by atoms with E-state index in [0.29, 0.717) is 13.0 Å². The van der Waals surface area contributed by atoms with Gasteiger partial charge in [-0.05, 0) is 70.6 Å². The first-order valence-electron chi connectivity index (χ1n) is 18.4. The van der Waals surface area contributed by atoms with Gasteiger partial charge in [-0.1, -0.05) is 145 Å². The Morgan fingerprint density at radius 3 is 1.57 bits per heavy atom. The molecule has 0 saturated carbocycles. The van der Waals surface area contributed by atoms with E-state index >= 15 is 0 Å². The third-order valence-corrected chi connectivity index (χ3v) is 7.58. The van der Waals surface area contributed by atoms with Crippen LogP contribution in [0.1, 0.15) is 162 Å². The van der Waals surface area contributed by atoms with Crippen LogP contribution in [0.4, 0.5) is 0 Å². The van der Waals surface area contributed by atoms with E-state index in [9.17, 15) is 9.90 Å². The molecule has 1 unspecified atom stereocenters. The molecule has 0 aliphatic rings. The Labute approximate surface area is 273 Å². The zero-order valence-electron chi connectivity index (χ0n) is 28.9. The second kappa shape index (κ2) is 37.3. The van der Waals surface area contributed by atoms with Crippen molar-refractivity contribution >= 4 is 5.97 Å². The maximum Gasteiger partial charge on any atom is 0.306 e. The molecule has 0 rings (SSSR count). The maximum absolute atomic E-state index is 12.1. The van der Waals surface area contributed by atoms with Gasteiger partial charge in [0.05, 0.1) is 13.2 Å². The van der Waals surface area contributed by atoms with Gasteiger partial charge in [-0.25, -0.2) is 0 Å². The first kappa shape index (κ1) is 42.1. The Hall–Kier alpha value is -1.91. The molecule has 0 heterocycles. The zero-order chi connectivity index (χ0) is 32.0. The molecular formula is C40H70O4. The van der Waals surface area contributed by atoms with Gasteiger partial charge < -0.3 is 14.6 Å². The van der Waals surface area contributed by atoms with Crippen LogP contribution in [0.15, 0.2) is 60.8 Å². The highest BCUT2D eigenvalue weighted by molar-refractivity contribution is 5.69. The molecule has 1 atom stereocenters. The third-order valence-electron chi connectivity index (χ3n) is 7.58. The Morgan fingerprint density at radius 1 is 0.568 bits per heavy atom. The summed E-state index contributed by atoms with van der Waals surface area (Å²) in [6, 6.07) is 0. The average Bonchev–Trinajstić information content (AvgIpc) is 3.03. The van der Waals surface area contributed by atoms with Gasteiger partial charge in [-0.3, -0.25) is 4.79 Å². The van der Waals surface area contributed by atoms with Crippen molar-refractivity contribution < 1.29 is 19.4 Å². The van der Waals surface area contributed by atoms with Gasteiger partial charge in [0, 0.05) is 13.0 Å². The highest BCUT2D eigenvalue weighted by Gasteiger charge is 2.13. The number of aliphatic hydroxyl groups excluding tert-OH is 1. The fourth-order valence-corrected chi connectivity index (χ4v) is 4.85.